The lowest BCUT2D eigenvalue weighted by Gasteiger charge is -2.21. The van der Waals surface area contributed by atoms with Crippen molar-refractivity contribution in [2.24, 2.45) is 0 Å². The van der Waals surface area contributed by atoms with Gasteiger partial charge in [-0.05, 0) is 73.9 Å². The van der Waals surface area contributed by atoms with E-state index in [1.807, 2.05) is 92.0 Å². The molecule has 2 amide bonds. The van der Waals surface area contributed by atoms with Gasteiger partial charge in [0.1, 0.15) is 0 Å². The molecule has 2 aromatic heterocycles. The van der Waals surface area contributed by atoms with Crippen molar-refractivity contribution >= 4 is 24.0 Å². The molecule has 2 unspecified atom stereocenters. The molecule has 2 aliphatic heterocycles. The van der Waals surface area contributed by atoms with Gasteiger partial charge in [-0.3, -0.25) is 9.59 Å². The molecule has 0 bridgehead atoms. The van der Waals surface area contributed by atoms with Gasteiger partial charge in [0.15, 0.2) is 12.6 Å². The number of ether oxygens (including phenoxy) is 2. The number of amides is 2. The van der Waals surface area contributed by atoms with E-state index in [0.29, 0.717) is 13.2 Å². The Balaban J connectivity index is 0.000000194. The number of aromatic nitrogens is 4. The highest BCUT2D eigenvalue weighted by atomic mass is 16.8. The van der Waals surface area contributed by atoms with Crippen LogP contribution >= 0.6 is 0 Å². The number of carbonyl (C=O) groups is 2. The highest BCUT2D eigenvalue weighted by Crippen LogP contribution is 2.14. The first kappa shape index (κ1) is 36.4. The maximum Gasteiger partial charge on any atom is 0.267 e. The van der Waals surface area contributed by atoms with E-state index < -0.39 is 0 Å². The molecule has 4 aromatic rings. The zero-order valence-corrected chi connectivity index (χ0v) is 28.7. The molecule has 2 saturated heterocycles. The fourth-order valence-electron chi connectivity index (χ4n) is 5.25. The summed E-state index contributed by atoms with van der Waals surface area (Å²) in [6, 6.07) is 16.1. The number of nitrogens with zero attached hydrogens (tertiary/aromatic N) is 4. The third kappa shape index (κ3) is 12.5. The predicted molar refractivity (Wildman–Crippen MR) is 189 cm³/mol. The Labute approximate surface area is 293 Å². The molecule has 0 aliphatic carbocycles. The summed E-state index contributed by atoms with van der Waals surface area (Å²) >= 11 is 0. The van der Waals surface area contributed by atoms with Crippen molar-refractivity contribution < 1.29 is 28.7 Å². The summed E-state index contributed by atoms with van der Waals surface area (Å²) in [6.45, 7) is 6.93. The van der Waals surface area contributed by atoms with Crippen LogP contribution in [0.5, 0.6) is 0 Å². The molecule has 2 aliphatic rings. The largest absolute Gasteiger partial charge is 0.350 e. The molecule has 4 heterocycles. The van der Waals surface area contributed by atoms with Crippen LogP contribution in [0.2, 0.25) is 0 Å². The molecule has 6 rings (SSSR count). The van der Waals surface area contributed by atoms with E-state index in [1.165, 1.54) is 23.3 Å². The Morgan fingerprint density at radius 3 is 1.76 bits per heavy atom. The second-order valence-electron chi connectivity index (χ2n) is 12.3. The van der Waals surface area contributed by atoms with Gasteiger partial charge in [-0.1, -0.05) is 48.5 Å². The number of nitrogens with one attached hydrogen (secondary N) is 2. The van der Waals surface area contributed by atoms with Crippen LogP contribution in [-0.4, -0.2) is 56.7 Å². The van der Waals surface area contributed by atoms with E-state index in [9.17, 15) is 9.59 Å². The fraction of sp³-hybridized carbons (Fsp3) is 0.368. The molecule has 50 heavy (non-hydrogen) atoms. The zero-order chi connectivity index (χ0) is 35.0. The number of imidazole rings is 2. The van der Waals surface area contributed by atoms with Crippen LogP contribution in [-0.2, 0) is 41.8 Å². The summed E-state index contributed by atoms with van der Waals surface area (Å²) in [6.07, 6.45) is 19.1. The van der Waals surface area contributed by atoms with Gasteiger partial charge in [-0.25, -0.2) is 30.6 Å². The summed E-state index contributed by atoms with van der Waals surface area (Å²) in [5.41, 5.74) is 11.2. The lowest BCUT2D eigenvalue weighted by atomic mass is 10.1. The summed E-state index contributed by atoms with van der Waals surface area (Å²) < 4.78 is 14.9. The smallest absolute Gasteiger partial charge is 0.267 e. The molecule has 0 radical (unpaired) electrons. The molecular weight excluding hydrogens is 636 g/mol. The van der Waals surface area contributed by atoms with E-state index >= 15 is 0 Å². The van der Waals surface area contributed by atoms with Crippen molar-refractivity contribution in [3.8, 4) is 0 Å². The molecule has 2 atom stereocenters. The minimum absolute atomic E-state index is 0.299. The number of rotatable bonds is 12. The van der Waals surface area contributed by atoms with Crippen molar-refractivity contribution in [3.63, 3.8) is 0 Å². The minimum atomic E-state index is -0.336. The second-order valence-corrected chi connectivity index (χ2v) is 12.3. The number of benzene rings is 2. The highest BCUT2D eigenvalue weighted by Gasteiger charge is 2.16. The molecule has 264 valence electrons. The Hall–Kier alpha value is -4.88. The molecule has 2 aromatic carbocycles. The SMILES string of the molecule is Cc1cn(Cc2ccc(/C=C/C(=O)NOC3CCCCO3)cc2)cn1.Cc1cncn1Cc1ccc(/C=C/C(=O)NOC2CCCCO2)cc1. The highest BCUT2D eigenvalue weighted by molar-refractivity contribution is 5.91. The van der Waals surface area contributed by atoms with Gasteiger partial charge >= 0.3 is 0 Å². The monoisotopic (exact) mass is 682 g/mol. The van der Waals surface area contributed by atoms with Gasteiger partial charge < -0.3 is 18.6 Å². The second kappa shape index (κ2) is 19.3. The normalized spacial score (nSPS) is 17.7. The van der Waals surface area contributed by atoms with Crippen LogP contribution in [0.4, 0.5) is 0 Å². The van der Waals surface area contributed by atoms with Gasteiger partial charge in [0, 0.05) is 69.4 Å². The standard InChI is InChI=1S/2C19H23N3O3/c1-15-12-22(14-20-15)13-17-7-5-16(6-8-17)9-10-18(23)21-25-19-4-2-3-11-24-19;1-15-12-20-14-22(15)13-17-7-5-16(6-8-17)9-10-18(23)21-25-19-4-2-3-11-24-19/h2*5-10,12,14,19H,2-4,11,13H2,1H3,(H,21,23)/b2*10-9+. The Bertz CT molecular complexity index is 1680. The van der Waals surface area contributed by atoms with E-state index in [4.69, 9.17) is 19.1 Å². The number of aryl methyl sites for hydroxylation is 2. The van der Waals surface area contributed by atoms with Crippen LogP contribution in [0.25, 0.3) is 12.2 Å². The minimum Gasteiger partial charge on any atom is -0.350 e. The number of carbonyl (C=O) groups excluding carboxylic acids is 2. The van der Waals surface area contributed by atoms with E-state index in [2.05, 4.69) is 25.5 Å². The molecule has 0 saturated carbocycles. The van der Waals surface area contributed by atoms with Crippen molar-refractivity contribution in [2.45, 2.75) is 78.0 Å². The lowest BCUT2D eigenvalue weighted by molar-refractivity contribution is -0.198. The molecule has 0 spiro atoms. The Morgan fingerprint density at radius 1 is 0.780 bits per heavy atom. The summed E-state index contributed by atoms with van der Waals surface area (Å²) in [4.78, 5) is 42.4. The van der Waals surface area contributed by atoms with Crippen molar-refractivity contribution in [1.29, 1.82) is 0 Å². The van der Waals surface area contributed by atoms with Gasteiger partial charge in [-0.15, -0.1) is 0 Å². The number of hydrogen-bond donors (Lipinski definition) is 2. The maximum atomic E-state index is 11.8. The Morgan fingerprint density at radius 2 is 1.32 bits per heavy atom. The topological polar surface area (TPSA) is 131 Å². The fourth-order valence-corrected chi connectivity index (χ4v) is 5.25. The van der Waals surface area contributed by atoms with Crippen molar-refractivity contribution in [3.05, 3.63) is 119 Å². The first-order chi connectivity index (χ1) is 24.4. The number of hydroxylamine groups is 2. The van der Waals surface area contributed by atoms with Crippen molar-refractivity contribution in [1.82, 2.24) is 30.1 Å². The average molecular weight is 683 g/mol. The van der Waals surface area contributed by atoms with Gasteiger partial charge in [0.2, 0.25) is 0 Å². The summed E-state index contributed by atoms with van der Waals surface area (Å²) in [7, 11) is 0. The van der Waals surface area contributed by atoms with Crippen LogP contribution in [0.3, 0.4) is 0 Å². The van der Waals surface area contributed by atoms with Crippen LogP contribution in [0.15, 0.2) is 85.7 Å². The predicted octanol–water partition coefficient (Wildman–Crippen LogP) is 5.65. The maximum absolute atomic E-state index is 11.8. The van der Waals surface area contributed by atoms with Crippen molar-refractivity contribution in [2.75, 3.05) is 13.2 Å². The summed E-state index contributed by atoms with van der Waals surface area (Å²) in [5, 5.41) is 0. The summed E-state index contributed by atoms with van der Waals surface area (Å²) in [5.74, 6) is -0.598. The third-order valence-electron chi connectivity index (χ3n) is 8.07. The van der Waals surface area contributed by atoms with E-state index in [1.54, 1.807) is 12.2 Å². The van der Waals surface area contributed by atoms with E-state index in [-0.39, 0.29) is 24.4 Å². The first-order valence-electron chi connectivity index (χ1n) is 17.0. The van der Waals surface area contributed by atoms with Gasteiger partial charge in [0.25, 0.3) is 11.8 Å². The molecule has 12 heteroatoms. The molecule has 2 fully saturated rings. The number of hydrogen-bond acceptors (Lipinski definition) is 8. The quantitative estimate of drug-likeness (QED) is 0.145. The van der Waals surface area contributed by atoms with E-state index in [0.717, 1.165) is 74.1 Å². The lowest BCUT2D eigenvalue weighted by Crippen LogP contribution is -2.32. The zero-order valence-electron chi connectivity index (χ0n) is 28.7. The van der Waals surface area contributed by atoms with Crippen LogP contribution in [0.1, 0.15) is 72.2 Å². The Kier molecular flexibility index (Phi) is 14.1. The van der Waals surface area contributed by atoms with Gasteiger partial charge in [-0.2, -0.15) is 0 Å². The molecular formula is C38H46N6O6. The molecule has 2 N–H and O–H groups in total. The average Bonchev–Trinajstić information content (AvgIpc) is 3.76. The molecule has 12 nitrogen and oxygen atoms in total. The van der Waals surface area contributed by atoms with Crippen LogP contribution in [0, 0.1) is 13.8 Å². The third-order valence-corrected chi connectivity index (χ3v) is 8.07. The van der Waals surface area contributed by atoms with Gasteiger partial charge in [0.05, 0.1) is 18.3 Å². The first-order valence-corrected chi connectivity index (χ1v) is 17.0. The van der Waals surface area contributed by atoms with Crippen LogP contribution < -0.4 is 11.0 Å².